The van der Waals surface area contributed by atoms with E-state index in [-0.39, 0.29) is 5.97 Å². The van der Waals surface area contributed by atoms with Crippen molar-refractivity contribution in [1.82, 2.24) is 14.8 Å². The zero-order chi connectivity index (χ0) is 21.1. The number of thiocarbonyl (C=S) groups is 1. The van der Waals surface area contributed by atoms with E-state index in [1.165, 1.54) is 12.0 Å². The summed E-state index contributed by atoms with van der Waals surface area (Å²) in [5, 5.41) is 12.2. The van der Waals surface area contributed by atoms with Gasteiger partial charge in [-0.3, -0.25) is 5.32 Å². The molecule has 7 nitrogen and oxygen atoms in total. The van der Waals surface area contributed by atoms with Crippen molar-refractivity contribution in [3.63, 3.8) is 0 Å². The summed E-state index contributed by atoms with van der Waals surface area (Å²) in [7, 11) is 1.39. The van der Waals surface area contributed by atoms with Crippen LogP contribution in [0.15, 0.2) is 30.6 Å². The van der Waals surface area contributed by atoms with Gasteiger partial charge in [0.2, 0.25) is 5.95 Å². The van der Waals surface area contributed by atoms with Crippen LogP contribution < -0.4 is 10.6 Å². The van der Waals surface area contributed by atoms with E-state index in [1.807, 2.05) is 24.3 Å². The van der Waals surface area contributed by atoms with Gasteiger partial charge in [0, 0.05) is 9.90 Å². The number of carbonyl (C=O) groups excluding carboxylic acids is 1. The molecule has 1 aromatic carbocycles. The van der Waals surface area contributed by atoms with Gasteiger partial charge in [0.15, 0.2) is 5.11 Å². The molecule has 0 aliphatic heterocycles. The van der Waals surface area contributed by atoms with Crippen molar-refractivity contribution < 1.29 is 9.53 Å². The normalized spacial score (nSPS) is 12.9. The molecule has 4 rings (SSSR count). The first kappa shape index (κ1) is 20.8. The summed E-state index contributed by atoms with van der Waals surface area (Å²) in [5.41, 5.74) is 2.60. The van der Waals surface area contributed by atoms with Gasteiger partial charge in [0.05, 0.1) is 19.2 Å². The molecule has 10 heteroatoms. The summed E-state index contributed by atoms with van der Waals surface area (Å²) < 4.78 is 6.67. The number of halogens is 1. The Morgan fingerprint density at radius 3 is 2.90 bits per heavy atom. The molecule has 0 bridgehead atoms. The number of thiophene rings is 1. The van der Waals surface area contributed by atoms with Crippen LogP contribution in [-0.4, -0.2) is 33.0 Å². The topological polar surface area (TPSA) is 81.1 Å². The average molecular weight is 462 g/mol. The lowest BCUT2D eigenvalue weighted by atomic mass is 9.95. The van der Waals surface area contributed by atoms with E-state index in [9.17, 15) is 4.79 Å². The number of aromatic nitrogens is 3. The van der Waals surface area contributed by atoms with Crippen LogP contribution in [0, 0.1) is 0 Å². The zero-order valence-electron chi connectivity index (χ0n) is 16.3. The summed E-state index contributed by atoms with van der Waals surface area (Å²) in [6.45, 7) is 0.499. The summed E-state index contributed by atoms with van der Waals surface area (Å²) in [6, 6.07) is 7.59. The molecule has 156 valence electrons. The van der Waals surface area contributed by atoms with Crippen LogP contribution in [0.5, 0.6) is 0 Å². The van der Waals surface area contributed by atoms with E-state index in [4.69, 9.17) is 28.6 Å². The van der Waals surface area contributed by atoms with Gasteiger partial charge in [-0.25, -0.2) is 14.5 Å². The van der Waals surface area contributed by atoms with Crippen molar-refractivity contribution in [3.8, 4) is 0 Å². The number of nitrogens with zero attached hydrogens (tertiary/aromatic N) is 3. The summed E-state index contributed by atoms with van der Waals surface area (Å²) in [6.07, 6.45) is 5.66. The lowest BCUT2D eigenvalue weighted by molar-refractivity contribution is 0.0601. The molecular formula is C20H20ClN5O2S2. The minimum absolute atomic E-state index is 0.314. The Hall–Kier alpha value is -2.49. The van der Waals surface area contributed by atoms with E-state index >= 15 is 0 Å². The first-order chi connectivity index (χ1) is 14.5. The second kappa shape index (κ2) is 9.11. The number of benzene rings is 1. The molecule has 0 saturated carbocycles. The minimum Gasteiger partial charge on any atom is -0.465 e. The first-order valence-electron chi connectivity index (χ1n) is 9.49. The lowest BCUT2D eigenvalue weighted by Gasteiger charge is -2.12. The van der Waals surface area contributed by atoms with E-state index in [2.05, 4.69) is 20.7 Å². The van der Waals surface area contributed by atoms with Gasteiger partial charge >= 0.3 is 5.97 Å². The molecule has 0 atom stereocenters. The highest BCUT2D eigenvalue weighted by Crippen LogP contribution is 2.38. The fraction of sp³-hybridized carbons (Fsp3) is 0.300. The van der Waals surface area contributed by atoms with Crippen molar-refractivity contribution >= 4 is 57.2 Å². The maximum atomic E-state index is 12.4. The van der Waals surface area contributed by atoms with Gasteiger partial charge in [-0.05, 0) is 55.1 Å². The third kappa shape index (κ3) is 4.48. The number of rotatable bonds is 5. The molecule has 0 amide bonds. The molecule has 0 unspecified atom stereocenters. The molecule has 0 saturated heterocycles. The molecule has 0 fully saturated rings. The molecule has 2 N–H and O–H groups in total. The number of aryl methyl sites for hydroxylation is 1. The Morgan fingerprint density at radius 1 is 1.30 bits per heavy atom. The minimum atomic E-state index is -0.346. The Bertz CT molecular complexity index is 1090. The van der Waals surface area contributed by atoms with Gasteiger partial charge in [-0.15, -0.1) is 16.4 Å². The van der Waals surface area contributed by atoms with Gasteiger partial charge in [-0.2, -0.15) is 0 Å². The van der Waals surface area contributed by atoms with Gasteiger partial charge in [0.25, 0.3) is 0 Å². The maximum Gasteiger partial charge on any atom is 0.341 e. The van der Waals surface area contributed by atoms with Crippen LogP contribution in [0.4, 0.5) is 10.9 Å². The lowest BCUT2D eigenvalue weighted by Crippen LogP contribution is -2.21. The van der Waals surface area contributed by atoms with Gasteiger partial charge < -0.3 is 10.1 Å². The molecule has 0 radical (unpaired) electrons. The molecule has 3 aromatic rings. The van der Waals surface area contributed by atoms with Crippen LogP contribution in [0.1, 0.15) is 39.2 Å². The van der Waals surface area contributed by atoms with Crippen molar-refractivity contribution in [3.05, 3.63) is 57.2 Å². The third-order valence-corrected chi connectivity index (χ3v) is 6.62. The number of anilines is 2. The number of nitrogens with one attached hydrogen (secondary N) is 2. The largest absolute Gasteiger partial charge is 0.465 e. The second-order valence-corrected chi connectivity index (χ2v) is 8.76. The second-order valence-electron chi connectivity index (χ2n) is 6.84. The number of hydrogen-bond acceptors (Lipinski definition) is 6. The number of fused-ring (bicyclic) bond motifs is 1. The molecule has 2 heterocycles. The summed E-state index contributed by atoms with van der Waals surface area (Å²) in [4.78, 5) is 17.8. The Labute approximate surface area is 188 Å². The molecule has 1 aliphatic rings. The highest BCUT2D eigenvalue weighted by Gasteiger charge is 2.26. The smallest absolute Gasteiger partial charge is 0.341 e. The number of esters is 1. The fourth-order valence-electron chi connectivity index (χ4n) is 3.44. The predicted molar refractivity (Wildman–Crippen MR) is 123 cm³/mol. The van der Waals surface area contributed by atoms with E-state index < -0.39 is 0 Å². The predicted octanol–water partition coefficient (Wildman–Crippen LogP) is 4.52. The third-order valence-electron chi connectivity index (χ3n) is 4.84. The van der Waals surface area contributed by atoms with Gasteiger partial charge in [-0.1, -0.05) is 29.8 Å². The highest BCUT2D eigenvalue weighted by molar-refractivity contribution is 7.80. The number of methoxy groups -OCH3 is 1. The van der Waals surface area contributed by atoms with Crippen molar-refractivity contribution in [1.29, 1.82) is 0 Å². The molecule has 30 heavy (non-hydrogen) atoms. The monoisotopic (exact) mass is 461 g/mol. The Balaban J connectivity index is 1.46. The number of carbonyl (C=O) groups is 1. The van der Waals surface area contributed by atoms with E-state index in [1.54, 1.807) is 22.3 Å². The van der Waals surface area contributed by atoms with Gasteiger partial charge in [0.1, 0.15) is 11.3 Å². The standard InChI is InChI=1S/C20H20ClN5O2S2/c1-28-18(27)16-13-7-3-5-9-15(13)30-17(16)23-20(29)24-19-22-11-26(25-19)10-12-6-2-4-8-14(12)21/h2,4,6,8,11H,3,5,7,9-10H2,1H3,(H2,23,24,25,29). The zero-order valence-corrected chi connectivity index (χ0v) is 18.7. The molecular weight excluding hydrogens is 442 g/mol. The Morgan fingerprint density at radius 2 is 2.10 bits per heavy atom. The number of ether oxygens (including phenoxy) is 1. The first-order valence-corrected chi connectivity index (χ1v) is 11.1. The van der Waals surface area contributed by atoms with E-state index in [0.717, 1.165) is 36.8 Å². The van der Waals surface area contributed by atoms with Crippen molar-refractivity contribution in [2.75, 3.05) is 17.7 Å². The van der Waals surface area contributed by atoms with Crippen LogP contribution in [0.25, 0.3) is 0 Å². The highest BCUT2D eigenvalue weighted by atomic mass is 35.5. The van der Waals surface area contributed by atoms with Crippen LogP contribution in [0.3, 0.4) is 0 Å². The van der Waals surface area contributed by atoms with Crippen LogP contribution >= 0.6 is 35.2 Å². The fourth-order valence-corrected chi connectivity index (χ4v) is 5.17. The molecule has 1 aliphatic carbocycles. The number of hydrogen-bond donors (Lipinski definition) is 2. The Kier molecular flexibility index (Phi) is 6.31. The SMILES string of the molecule is COC(=O)c1c(NC(=S)Nc2ncn(Cc3ccccc3Cl)n2)sc2c1CCCC2. The van der Waals surface area contributed by atoms with Crippen LogP contribution in [0.2, 0.25) is 5.02 Å². The maximum absolute atomic E-state index is 12.4. The molecule has 2 aromatic heterocycles. The van der Waals surface area contributed by atoms with Crippen molar-refractivity contribution in [2.45, 2.75) is 32.2 Å². The molecule has 0 spiro atoms. The van der Waals surface area contributed by atoms with E-state index in [0.29, 0.717) is 33.2 Å². The van der Waals surface area contributed by atoms with Crippen molar-refractivity contribution in [2.24, 2.45) is 0 Å². The average Bonchev–Trinajstić information content (AvgIpc) is 3.32. The summed E-state index contributed by atoms with van der Waals surface area (Å²) >= 11 is 13.2. The quantitative estimate of drug-likeness (QED) is 0.427. The summed E-state index contributed by atoms with van der Waals surface area (Å²) in [5.74, 6) is 0.0160. The van der Waals surface area contributed by atoms with Crippen LogP contribution in [-0.2, 0) is 24.1 Å².